The Bertz CT molecular complexity index is 1200. The van der Waals surface area contributed by atoms with Crippen LogP contribution in [0.1, 0.15) is 0 Å². The first kappa shape index (κ1) is 27.9. The molecule has 0 saturated carbocycles. The molecule has 0 aromatic heterocycles. The highest BCUT2D eigenvalue weighted by molar-refractivity contribution is 5.62. The normalized spacial score (nSPS) is 9.19. The Morgan fingerprint density at radius 2 is 0.676 bits per heavy atom. The van der Waals surface area contributed by atoms with Crippen molar-refractivity contribution >= 4 is 45.5 Å². The van der Waals surface area contributed by atoms with Crippen LogP contribution in [0.25, 0.3) is 0 Å². The van der Waals surface area contributed by atoms with E-state index in [4.69, 9.17) is 34.4 Å². The van der Waals surface area contributed by atoms with Gasteiger partial charge in [-0.15, -0.1) is 0 Å². The molecule has 5 aromatic rings. The zero-order chi connectivity index (χ0) is 26.9. The third-order valence-corrected chi connectivity index (χ3v) is 4.68. The van der Waals surface area contributed by atoms with Crippen molar-refractivity contribution < 1.29 is 0 Å². The van der Waals surface area contributed by atoms with Crippen molar-refractivity contribution in [2.45, 2.75) is 0 Å². The highest BCUT2D eigenvalue weighted by Gasteiger charge is 1.90. The fraction of sp³-hybridized carbons (Fsp3) is 0. The van der Waals surface area contributed by atoms with E-state index in [2.05, 4.69) is 5.32 Å². The first-order valence-electron chi connectivity index (χ1n) is 11.5. The summed E-state index contributed by atoms with van der Waals surface area (Å²) in [5.41, 5.74) is 38.7. The Hall–Kier alpha value is -5.30. The van der Waals surface area contributed by atoms with Gasteiger partial charge in [0.25, 0.3) is 0 Å². The van der Waals surface area contributed by atoms with Crippen LogP contribution in [0.3, 0.4) is 0 Å². The highest BCUT2D eigenvalue weighted by atomic mass is 14.9. The molecule has 0 spiro atoms. The van der Waals surface area contributed by atoms with Gasteiger partial charge in [0.05, 0.1) is 11.4 Å². The lowest BCUT2D eigenvalue weighted by Gasteiger charge is -2.04. The molecule has 0 atom stereocenters. The minimum atomic E-state index is 0.646. The number of para-hydroxylation sites is 4. The van der Waals surface area contributed by atoms with Crippen LogP contribution in [-0.4, -0.2) is 0 Å². The van der Waals surface area contributed by atoms with Crippen molar-refractivity contribution in [1.29, 1.82) is 0 Å². The summed E-state index contributed by atoms with van der Waals surface area (Å²) < 4.78 is 0. The molecule has 0 bridgehead atoms. The Balaban J connectivity index is 0.000000179. The fourth-order valence-corrected chi connectivity index (χ4v) is 2.78. The van der Waals surface area contributed by atoms with Crippen LogP contribution in [-0.2, 0) is 0 Å². The number of hydrogen-bond donors (Lipinski definition) is 7. The maximum Gasteiger partial charge on any atom is 0.0547 e. The summed E-state index contributed by atoms with van der Waals surface area (Å²) in [6.45, 7) is 0. The van der Waals surface area contributed by atoms with E-state index in [0.29, 0.717) is 22.7 Å². The van der Waals surface area contributed by atoms with E-state index in [1.807, 2.05) is 78.9 Å². The minimum absolute atomic E-state index is 0.646. The molecule has 7 nitrogen and oxygen atoms in total. The molecule has 5 rings (SSSR count). The molecule has 0 unspecified atom stereocenters. The van der Waals surface area contributed by atoms with Gasteiger partial charge >= 0.3 is 0 Å². The molecule has 190 valence electrons. The number of benzene rings is 5. The lowest BCUT2D eigenvalue weighted by Crippen LogP contribution is -1.91. The Kier molecular flexibility index (Phi) is 11.8. The number of anilines is 8. The molecular formula is C30H35N7. The van der Waals surface area contributed by atoms with E-state index >= 15 is 0 Å². The average molecular weight is 494 g/mol. The molecule has 0 radical (unpaired) electrons. The summed E-state index contributed by atoms with van der Waals surface area (Å²) in [6, 6.07) is 41.8. The molecule has 0 heterocycles. The van der Waals surface area contributed by atoms with E-state index in [9.17, 15) is 0 Å². The van der Waals surface area contributed by atoms with Crippen LogP contribution in [0.4, 0.5) is 45.5 Å². The van der Waals surface area contributed by atoms with Crippen LogP contribution < -0.4 is 39.7 Å². The van der Waals surface area contributed by atoms with Gasteiger partial charge in [0, 0.05) is 34.1 Å². The molecular weight excluding hydrogens is 458 g/mol. The first-order valence-corrected chi connectivity index (χ1v) is 11.5. The molecule has 5 aromatic carbocycles. The Morgan fingerprint density at radius 3 is 0.973 bits per heavy atom. The van der Waals surface area contributed by atoms with E-state index in [-0.39, 0.29) is 0 Å². The predicted octanol–water partition coefficient (Wildman–Crippen LogP) is 5.98. The first-order chi connectivity index (χ1) is 17.8. The standard InChI is InChI=1S/C12H11N.3C6H8N2/c1-3-7-11(8-4-1)13-12-9-5-2-6-10-12;7-5-1-2-6(8)4-3-5;7-5-2-1-3-6(8)4-5;7-5-3-1-2-4-6(5)8/h1-10,13H;3*1-4H,7-8H2. The third-order valence-electron chi connectivity index (χ3n) is 4.68. The van der Waals surface area contributed by atoms with Crippen molar-refractivity contribution in [1.82, 2.24) is 0 Å². The minimum Gasteiger partial charge on any atom is -0.399 e. The predicted molar refractivity (Wildman–Crippen MR) is 162 cm³/mol. The third kappa shape index (κ3) is 12.1. The number of rotatable bonds is 2. The average Bonchev–Trinajstić information content (AvgIpc) is 2.90. The van der Waals surface area contributed by atoms with Crippen molar-refractivity contribution in [3.8, 4) is 0 Å². The van der Waals surface area contributed by atoms with Crippen molar-refractivity contribution in [3.63, 3.8) is 0 Å². The number of nitrogens with two attached hydrogens (primary N) is 6. The largest absolute Gasteiger partial charge is 0.399 e. The van der Waals surface area contributed by atoms with E-state index < -0.39 is 0 Å². The van der Waals surface area contributed by atoms with Gasteiger partial charge in [0.2, 0.25) is 0 Å². The topological polar surface area (TPSA) is 168 Å². The van der Waals surface area contributed by atoms with E-state index in [0.717, 1.165) is 22.7 Å². The SMILES string of the molecule is Nc1ccc(N)cc1.Nc1cccc(N)c1.Nc1ccccc1N.c1ccc(Nc2ccccc2)cc1. The van der Waals surface area contributed by atoms with Crippen LogP contribution in [0.15, 0.2) is 133 Å². The second-order valence-electron chi connectivity index (χ2n) is 7.82. The summed E-state index contributed by atoms with van der Waals surface area (Å²) in [5, 5.41) is 3.30. The van der Waals surface area contributed by atoms with Crippen molar-refractivity contribution in [2.24, 2.45) is 0 Å². The molecule has 0 fully saturated rings. The van der Waals surface area contributed by atoms with Gasteiger partial charge in [-0.25, -0.2) is 0 Å². The highest BCUT2D eigenvalue weighted by Crippen LogP contribution is 2.14. The van der Waals surface area contributed by atoms with Crippen LogP contribution >= 0.6 is 0 Å². The number of hydrogen-bond acceptors (Lipinski definition) is 7. The maximum absolute atomic E-state index is 5.39. The molecule has 0 aliphatic heterocycles. The van der Waals surface area contributed by atoms with Crippen LogP contribution in [0.5, 0.6) is 0 Å². The number of nitrogens with one attached hydrogen (secondary N) is 1. The van der Waals surface area contributed by atoms with Crippen LogP contribution in [0.2, 0.25) is 0 Å². The monoisotopic (exact) mass is 493 g/mol. The maximum atomic E-state index is 5.39. The quantitative estimate of drug-likeness (QED) is 0.148. The molecule has 13 N–H and O–H groups in total. The Labute approximate surface area is 218 Å². The van der Waals surface area contributed by atoms with Gasteiger partial charge in [-0.3, -0.25) is 0 Å². The lowest BCUT2D eigenvalue weighted by atomic mass is 10.3. The molecule has 0 saturated heterocycles. The molecule has 37 heavy (non-hydrogen) atoms. The zero-order valence-corrected chi connectivity index (χ0v) is 20.7. The molecule has 7 heteroatoms. The fourth-order valence-electron chi connectivity index (χ4n) is 2.78. The van der Waals surface area contributed by atoms with E-state index in [1.54, 1.807) is 54.6 Å². The smallest absolute Gasteiger partial charge is 0.0547 e. The number of nitrogen functional groups attached to an aromatic ring is 6. The van der Waals surface area contributed by atoms with Gasteiger partial charge in [0.1, 0.15) is 0 Å². The van der Waals surface area contributed by atoms with Crippen molar-refractivity contribution in [2.75, 3.05) is 39.7 Å². The summed E-state index contributed by atoms with van der Waals surface area (Å²) in [6.07, 6.45) is 0. The molecule has 0 aliphatic rings. The molecule has 0 amide bonds. The lowest BCUT2D eigenvalue weighted by molar-refractivity contribution is 1.55. The molecule has 0 aliphatic carbocycles. The summed E-state index contributed by atoms with van der Waals surface area (Å²) in [5.74, 6) is 0. The van der Waals surface area contributed by atoms with Gasteiger partial charge in [0.15, 0.2) is 0 Å². The van der Waals surface area contributed by atoms with Gasteiger partial charge in [-0.05, 0) is 78.9 Å². The van der Waals surface area contributed by atoms with Crippen LogP contribution in [0, 0.1) is 0 Å². The Morgan fingerprint density at radius 1 is 0.324 bits per heavy atom. The zero-order valence-electron chi connectivity index (χ0n) is 20.7. The second kappa shape index (κ2) is 15.6. The van der Waals surface area contributed by atoms with E-state index in [1.165, 1.54) is 0 Å². The van der Waals surface area contributed by atoms with Gasteiger partial charge in [-0.2, -0.15) is 0 Å². The van der Waals surface area contributed by atoms with Crippen molar-refractivity contribution in [3.05, 3.63) is 133 Å². The summed E-state index contributed by atoms with van der Waals surface area (Å²) >= 11 is 0. The van der Waals surface area contributed by atoms with Gasteiger partial charge < -0.3 is 39.7 Å². The second-order valence-corrected chi connectivity index (χ2v) is 7.82. The summed E-state index contributed by atoms with van der Waals surface area (Å²) in [7, 11) is 0. The van der Waals surface area contributed by atoms with Gasteiger partial charge in [-0.1, -0.05) is 54.6 Å². The summed E-state index contributed by atoms with van der Waals surface area (Å²) in [4.78, 5) is 0.